The molecule has 5 aromatic carbocycles. The number of nitrogens with zero attached hydrogens (tertiary/aromatic N) is 2. The fourth-order valence-corrected chi connectivity index (χ4v) is 8.79. The number of hydrogen-bond acceptors (Lipinski definition) is 4. The van der Waals surface area contributed by atoms with Crippen LogP contribution in [-0.4, -0.2) is 46.5 Å². The Morgan fingerprint density at radius 2 is 0.923 bits per heavy atom. The minimum absolute atomic E-state index is 0.301. The first kappa shape index (κ1) is 36.1. The molecule has 0 N–H and O–H groups in total. The average molecular weight is 736 g/mol. The molecule has 5 aromatic rings. The number of hydrogen-bond donors (Lipinski definition) is 0. The summed E-state index contributed by atoms with van der Waals surface area (Å²) >= 11 is 14.2. The van der Waals surface area contributed by atoms with Crippen molar-refractivity contribution in [1.29, 1.82) is 0 Å². The van der Waals surface area contributed by atoms with Gasteiger partial charge in [0.1, 0.15) is 0 Å². The molecule has 52 heavy (non-hydrogen) atoms. The lowest BCUT2D eigenvalue weighted by Crippen LogP contribution is -2.41. The minimum atomic E-state index is -0.366. The lowest BCUT2D eigenvalue weighted by atomic mass is 9.82. The Bertz CT molecular complexity index is 2270. The van der Waals surface area contributed by atoms with Crippen LogP contribution in [0.2, 0.25) is 10.0 Å². The molecular weight excluding hydrogens is 691 g/mol. The number of carbonyl (C=O) groups excluding carboxylic acids is 4. The highest BCUT2D eigenvalue weighted by atomic mass is 35.5. The molecule has 0 unspecified atom stereocenters. The predicted octanol–water partition coefficient (Wildman–Crippen LogP) is 11.8. The van der Waals surface area contributed by atoms with Gasteiger partial charge in [-0.1, -0.05) is 72.5 Å². The zero-order valence-electron chi connectivity index (χ0n) is 30.7. The van der Waals surface area contributed by atoms with Crippen LogP contribution in [0, 0.1) is 11.8 Å². The highest BCUT2D eigenvalue weighted by Gasteiger charge is 2.38. The molecule has 2 atom stereocenters. The Morgan fingerprint density at radius 3 is 1.33 bits per heavy atom. The van der Waals surface area contributed by atoms with Crippen molar-refractivity contribution in [2.24, 2.45) is 11.8 Å². The Morgan fingerprint density at radius 1 is 0.538 bits per heavy atom. The van der Waals surface area contributed by atoms with Gasteiger partial charge in [0, 0.05) is 61.2 Å². The third-order valence-corrected chi connectivity index (χ3v) is 11.6. The Hall–Kier alpha value is -4.26. The monoisotopic (exact) mass is 734 g/mol. The quantitative estimate of drug-likeness (QED) is 0.0553. The molecule has 0 fully saturated rings. The maximum absolute atomic E-state index is 14.1. The van der Waals surface area contributed by atoms with Crippen molar-refractivity contribution in [2.75, 3.05) is 13.1 Å². The highest BCUT2D eigenvalue weighted by Crippen LogP contribution is 2.50. The fraction of sp³-hybridized carbons (Fsp3) is 0.364. The topological polar surface area (TPSA) is 74.8 Å². The first-order valence-electron chi connectivity index (χ1n) is 18.4. The van der Waals surface area contributed by atoms with Crippen LogP contribution in [0.4, 0.5) is 0 Å². The van der Waals surface area contributed by atoms with Gasteiger partial charge in [-0.2, -0.15) is 0 Å². The van der Waals surface area contributed by atoms with Crippen LogP contribution in [0.3, 0.4) is 0 Å². The molecule has 7 rings (SSSR count). The van der Waals surface area contributed by atoms with Gasteiger partial charge < -0.3 is 0 Å². The number of benzene rings is 5. The van der Waals surface area contributed by atoms with Crippen LogP contribution < -0.4 is 0 Å². The van der Waals surface area contributed by atoms with Crippen LogP contribution in [-0.2, 0) is 0 Å². The van der Waals surface area contributed by atoms with Gasteiger partial charge in [0.2, 0.25) is 0 Å². The largest absolute Gasteiger partial charge is 0.274 e. The number of halogens is 2. The second kappa shape index (κ2) is 13.9. The van der Waals surface area contributed by atoms with E-state index in [1.807, 2.05) is 12.1 Å². The molecule has 2 heterocycles. The van der Waals surface area contributed by atoms with Crippen molar-refractivity contribution in [3.8, 4) is 0 Å². The van der Waals surface area contributed by atoms with E-state index in [9.17, 15) is 19.2 Å². The van der Waals surface area contributed by atoms with Crippen molar-refractivity contribution in [3.05, 3.63) is 92.0 Å². The van der Waals surface area contributed by atoms with Gasteiger partial charge in [-0.15, -0.1) is 0 Å². The summed E-state index contributed by atoms with van der Waals surface area (Å²) in [5.41, 5.74) is 4.23. The first-order valence-corrected chi connectivity index (χ1v) is 19.1. The maximum Gasteiger partial charge on any atom is 0.261 e. The number of imide groups is 2. The summed E-state index contributed by atoms with van der Waals surface area (Å²) in [6.45, 7) is 13.3. The predicted molar refractivity (Wildman–Crippen MR) is 213 cm³/mol. The second-order valence-electron chi connectivity index (χ2n) is 15.4. The Balaban J connectivity index is 1.30. The molecule has 2 aliphatic heterocycles. The summed E-state index contributed by atoms with van der Waals surface area (Å²) in [5.74, 6) is -0.681. The van der Waals surface area contributed by atoms with Crippen LogP contribution in [0.1, 0.15) is 121 Å². The first-order chi connectivity index (χ1) is 24.8. The summed E-state index contributed by atoms with van der Waals surface area (Å²) in [6.07, 6.45) is 9.72. The van der Waals surface area contributed by atoms with Gasteiger partial charge in [-0.3, -0.25) is 29.0 Å². The normalized spacial score (nSPS) is 15.5. The van der Waals surface area contributed by atoms with Crippen LogP contribution in [0.5, 0.6) is 0 Å². The molecule has 268 valence electrons. The van der Waals surface area contributed by atoms with Crippen molar-refractivity contribution in [1.82, 2.24) is 9.80 Å². The van der Waals surface area contributed by atoms with E-state index >= 15 is 0 Å². The molecule has 0 aliphatic carbocycles. The van der Waals surface area contributed by atoms with Crippen LogP contribution in [0.25, 0.3) is 43.1 Å². The molecule has 6 nitrogen and oxygen atoms in total. The van der Waals surface area contributed by atoms with Crippen molar-refractivity contribution < 1.29 is 19.2 Å². The minimum Gasteiger partial charge on any atom is -0.274 e. The Labute approximate surface area is 314 Å². The van der Waals surface area contributed by atoms with Gasteiger partial charge in [0.25, 0.3) is 23.6 Å². The summed E-state index contributed by atoms with van der Waals surface area (Å²) in [6, 6.07) is 10.6. The Kier molecular flexibility index (Phi) is 9.68. The SMILES string of the molecule is CC(C)=CCC[C@H](C)CCN1C(=O)c2ccc3c4c(Cl)cc5c6c(cc(Cl)c(c7ccc(c2c37)C1=O)c64)C(=O)N(CC[C@@H](C)CCC=C(C)C)C5=O. The molecule has 8 heteroatoms. The summed E-state index contributed by atoms with van der Waals surface area (Å²) in [5, 5.41) is 5.95. The molecule has 0 saturated heterocycles. The van der Waals surface area contributed by atoms with Gasteiger partial charge in [-0.25, -0.2) is 0 Å². The standard InChI is InChI=1S/C44H44Cl2N2O4/c1-23(2)9-7-11-25(5)17-19-47-41(49)29-15-13-27-35-28(14-16-30(36(29)35)42(47)50)39-34(46)22-32-37-31(21-33(45)38(27)40(37)39)43(51)48(44(32)52)20-18-26(6)12-8-10-24(3)4/h9-10,13-16,21-22,25-26H,7-8,11-12,17-20H2,1-6H3/t25-,26-/m0/s1. The van der Waals surface area contributed by atoms with E-state index in [0.29, 0.717) is 90.6 Å². The molecular formula is C44H44Cl2N2O4. The van der Waals surface area contributed by atoms with E-state index in [4.69, 9.17) is 23.2 Å². The molecule has 0 spiro atoms. The van der Waals surface area contributed by atoms with E-state index in [0.717, 1.165) is 48.3 Å². The molecule has 0 saturated carbocycles. The number of allylic oxidation sites excluding steroid dienone is 4. The van der Waals surface area contributed by atoms with Gasteiger partial charge in [0.05, 0.1) is 11.1 Å². The fourth-order valence-electron chi connectivity index (χ4n) is 8.18. The van der Waals surface area contributed by atoms with Gasteiger partial charge in [0.15, 0.2) is 0 Å². The third-order valence-electron chi connectivity index (χ3n) is 11.0. The molecule has 2 aliphatic rings. The summed E-state index contributed by atoms with van der Waals surface area (Å²) < 4.78 is 0. The number of rotatable bonds is 12. The summed E-state index contributed by atoms with van der Waals surface area (Å²) in [7, 11) is 0. The van der Waals surface area contributed by atoms with E-state index < -0.39 is 0 Å². The molecule has 4 amide bonds. The number of fused-ring (bicyclic) bond motifs is 2. The smallest absolute Gasteiger partial charge is 0.261 e. The van der Waals surface area contributed by atoms with E-state index in [1.165, 1.54) is 20.9 Å². The zero-order chi connectivity index (χ0) is 37.2. The molecule has 0 radical (unpaired) electrons. The van der Waals surface area contributed by atoms with E-state index in [2.05, 4.69) is 53.7 Å². The number of amides is 4. The second-order valence-corrected chi connectivity index (χ2v) is 16.2. The maximum atomic E-state index is 14.1. The van der Waals surface area contributed by atoms with E-state index in [1.54, 1.807) is 24.3 Å². The molecule has 0 aromatic heterocycles. The van der Waals surface area contributed by atoms with Crippen LogP contribution >= 0.6 is 23.2 Å². The van der Waals surface area contributed by atoms with Gasteiger partial charge >= 0.3 is 0 Å². The lowest BCUT2D eigenvalue weighted by molar-refractivity contribution is 0.0586. The van der Waals surface area contributed by atoms with Crippen LogP contribution in [0.15, 0.2) is 59.7 Å². The van der Waals surface area contributed by atoms with Crippen molar-refractivity contribution in [3.63, 3.8) is 0 Å². The number of carbonyl (C=O) groups is 4. The third kappa shape index (κ3) is 5.98. The highest BCUT2D eigenvalue weighted by molar-refractivity contribution is 6.51. The summed E-state index contributed by atoms with van der Waals surface area (Å²) in [4.78, 5) is 58.9. The van der Waals surface area contributed by atoms with Gasteiger partial charge in [-0.05, 0) is 118 Å². The lowest BCUT2D eigenvalue weighted by Gasteiger charge is -2.31. The van der Waals surface area contributed by atoms with Crippen molar-refractivity contribution in [2.45, 2.75) is 80.1 Å². The zero-order valence-corrected chi connectivity index (χ0v) is 32.2. The van der Waals surface area contributed by atoms with Crippen molar-refractivity contribution >= 4 is 89.9 Å². The molecule has 0 bridgehead atoms. The van der Waals surface area contributed by atoms with E-state index in [-0.39, 0.29) is 23.6 Å². The average Bonchev–Trinajstić information content (AvgIpc) is 3.09.